The first-order chi connectivity index (χ1) is 8.99. The Kier molecular flexibility index (Phi) is 3.69. The van der Waals surface area contributed by atoms with Crippen LogP contribution in [0.15, 0.2) is 24.3 Å². The largest absolute Gasteiger partial charge is 0.481 e. The molecular weight excluding hydrogens is 240 g/mol. The number of carbonyl (C=O) groups is 1. The number of nitrogens with zero attached hydrogens (tertiary/aromatic N) is 2. The highest BCUT2D eigenvalue weighted by Crippen LogP contribution is 2.22. The highest BCUT2D eigenvalue weighted by atomic mass is 16.4. The van der Waals surface area contributed by atoms with E-state index in [1.54, 1.807) is 0 Å². The van der Waals surface area contributed by atoms with Crippen molar-refractivity contribution in [2.75, 3.05) is 0 Å². The highest BCUT2D eigenvalue weighted by Gasteiger charge is 2.14. The van der Waals surface area contributed by atoms with Crippen molar-refractivity contribution < 1.29 is 9.90 Å². The van der Waals surface area contributed by atoms with E-state index < -0.39 is 5.97 Å². The van der Waals surface area contributed by atoms with Gasteiger partial charge in [-0.2, -0.15) is 0 Å². The summed E-state index contributed by atoms with van der Waals surface area (Å²) in [7, 11) is 1.94. The normalized spacial score (nSPS) is 10.7. The molecule has 0 aliphatic heterocycles. The van der Waals surface area contributed by atoms with Crippen LogP contribution in [0.1, 0.15) is 23.4 Å². The summed E-state index contributed by atoms with van der Waals surface area (Å²) in [5, 5.41) is 8.79. The number of hydrogen-bond donors (Lipinski definition) is 1. The van der Waals surface area contributed by atoms with Gasteiger partial charge in [0.1, 0.15) is 5.82 Å². The summed E-state index contributed by atoms with van der Waals surface area (Å²) in [6, 6.07) is 8.16. The molecule has 0 aliphatic rings. The number of aromatic nitrogens is 2. The molecule has 19 heavy (non-hydrogen) atoms. The molecule has 100 valence electrons. The predicted molar refractivity (Wildman–Crippen MR) is 74.1 cm³/mol. The van der Waals surface area contributed by atoms with E-state index >= 15 is 0 Å². The number of carboxylic acids is 1. The lowest BCUT2D eigenvalue weighted by Gasteiger charge is -2.06. The van der Waals surface area contributed by atoms with E-state index in [0.717, 1.165) is 22.8 Å². The van der Waals surface area contributed by atoms with Gasteiger partial charge in [0.15, 0.2) is 0 Å². The third-order valence-corrected chi connectivity index (χ3v) is 3.27. The van der Waals surface area contributed by atoms with Crippen LogP contribution in [0.5, 0.6) is 0 Å². The smallest absolute Gasteiger partial charge is 0.303 e. The van der Waals surface area contributed by atoms with Gasteiger partial charge in [-0.25, -0.2) is 4.98 Å². The summed E-state index contributed by atoms with van der Waals surface area (Å²) in [5.41, 5.74) is 4.14. The number of aryl methyl sites for hydroxylation is 2. The van der Waals surface area contributed by atoms with Gasteiger partial charge in [-0.05, 0) is 26.3 Å². The van der Waals surface area contributed by atoms with Crippen molar-refractivity contribution in [1.29, 1.82) is 0 Å². The van der Waals surface area contributed by atoms with Crippen LogP contribution in [-0.4, -0.2) is 20.6 Å². The van der Waals surface area contributed by atoms with Gasteiger partial charge < -0.3 is 9.67 Å². The molecular formula is C15H18N2O2. The quantitative estimate of drug-likeness (QED) is 0.917. The number of imidazole rings is 1. The van der Waals surface area contributed by atoms with Crippen molar-refractivity contribution in [3.63, 3.8) is 0 Å². The first-order valence-electron chi connectivity index (χ1n) is 6.30. The van der Waals surface area contributed by atoms with E-state index in [4.69, 9.17) is 5.11 Å². The summed E-state index contributed by atoms with van der Waals surface area (Å²) < 4.78 is 1.99. The topological polar surface area (TPSA) is 55.1 Å². The van der Waals surface area contributed by atoms with Crippen LogP contribution in [0.3, 0.4) is 0 Å². The molecule has 0 fully saturated rings. The molecule has 0 unspecified atom stereocenters. The zero-order valence-corrected chi connectivity index (χ0v) is 11.5. The second-order valence-corrected chi connectivity index (χ2v) is 4.79. The van der Waals surface area contributed by atoms with Crippen LogP contribution < -0.4 is 0 Å². The van der Waals surface area contributed by atoms with Crippen molar-refractivity contribution in [1.82, 2.24) is 9.55 Å². The molecule has 0 aliphatic carbocycles. The second-order valence-electron chi connectivity index (χ2n) is 4.79. The Hall–Kier alpha value is -2.10. The number of rotatable bonds is 4. The molecule has 0 saturated heterocycles. The van der Waals surface area contributed by atoms with Crippen LogP contribution >= 0.6 is 0 Å². The Morgan fingerprint density at radius 1 is 1.37 bits per heavy atom. The van der Waals surface area contributed by atoms with Crippen molar-refractivity contribution in [2.45, 2.75) is 26.7 Å². The van der Waals surface area contributed by atoms with Crippen LogP contribution in [-0.2, 0) is 18.3 Å². The Morgan fingerprint density at radius 3 is 2.74 bits per heavy atom. The van der Waals surface area contributed by atoms with Crippen molar-refractivity contribution in [3.8, 4) is 11.4 Å². The summed E-state index contributed by atoms with van der Waals surface area (Å²) in [6.07, 6.45) is 0.643. The van der Waals surface area contributed by atoms with Gasteiger partial charge in [0.2, 0.25) is 0 Å². The molecule has 0 atom stereocenters. The average Bonchev–Trinajstić information content (AvgIpc) is 2.62. The standard InChI is InChI=1S/C15H18N2O2/c1-10-5-4-6-12(9-10)15-16-11(2)13(17(15)3)7-8-14(18)19/h4-6,9H,7-8H2,1-3H3,(H,18,19). The lowest BCUT2D eigenvalue weighted by Crippen LogP contribution is -2.04. The van der Waals surface area contributed by atoms with Gasteiger partial charge in [0, 0.05) is 18.3 Å². The average molecular weight is 258 g/mol. The van der Waals surface area contributed by atoms with Crippen molar-refractivity contribution in [3.05, 3.63) is 41.2 Å². The lowest BCUT2D eigenvalue weighted by atomic mass is 10.1. The predicted octanol–water partition coefficient (Wildman–Crippen LogP) is 2.72. The minimum absolute atomic E-state index is 0.133. The summed E-state index contributed by atoms with van der Waals surface area (Å²) in [4.78, 5) is 15.3. The van der Waals surface area contributed by atoms with Crippen LogP contribution in [0, 0.1) is 13.8 Å². The zero-order chi connectivity index (χ0) is 14.0. The maximum atomic E-state index is 10.7. The van der Waals surface area contributed by atoms with Crippen LogP contribution in [0.4, 0.5) is 0 Å². The third-order valence-electron chi connectivity index (χ3n) is 3.27. The van der Waals surface area contributed by atoms with Gasteiger partial charge in [-0.3, -0.25) is 4.79 Å². The lowest BCUT2D eigenvalue weighted by molar-refractivity contribution is -0.136. The van der Waals surface area contributed by atoms with Gasteiger partial charge >= 0.3 is 5.97 Å². The number of benzene rings is 1. The number of carboxylic acid groups (broad SMARTS) is 1. The molecule has 1 aromatic carbocycles. The van der Waals surface area contributed by atoms with E-state index in [2.05, 4.69) is 11.1 Å². The van der Waals surface area contributed by atoms with E-state index in [1.807, 2.05) is 43.7 Å². The summed E-state index contributed by atoms with van der Waals surface area (Å²) >= 11 is 0. The van der Waals surface area contributed by atoms with E-state index in [1.165, 1.54) is 5.56 Å². The molecule has 2 aromatic rings. The fraction of sp³-hybridized carbons (Fsp3) is 0.333. The molecule has 1 aromatic heterocycles. The Labute approximate surface area is 112 Å². The first-order valence-corrected chi connectivity index (χ1v) is 6.30. The molecule has 0 amide bonds. The molecule has 0 spiro atoms. The third kappa shape index (κ3) is 2.84. The van der Waals surface area contributed by atoms with Gasteiger partial charge in [-0.15, -0.1) is 0 Å². The first kappa shape index (κ1) is 13.3. The zero-order valence-electron chi connectivity index (χ0n) is 11.5. The summed E-state index contributed by atoms with van der Waals surface area (Å²) in [6.45, 7) is 3.97. The molecule has 0 saturated carbocycles. The fourth-order valence-corrected chi connectivity index (χ4v) is 2.29. The summed E-state index contributed by atoms with van der Waals surface area (Å²) in [5.74, 6) is 0.110. The van der Waals surface area contributed by atoms with E-state index in [9.17, 15) is 4.79 Å². The fourth-order valence-electron chi connectivity index (χ4n) is 2.29. The van der Waals surface area contributed by atoms with E-state index in [0.29, 0.717) is 6.42 Å². The molecule has 4 heteroatoms. The van der Waals surface area contributed by atoms with Gasteiger partial charge in [-0.1, -0.05) is 23.8 Å². The maximum Gasteiger partial charge on any atom is 0.303 e. The SMILES string of the molecule is Cc1cccc(-c2nc(C)c(CCC(=O)O)n2C)c1. The molecule has 4 nitrogen and oxygen atoms in total. The molecule has 0 bridgehead atoms. The maximum absolute atomic E-state index is 10.7. The van der Waals surface area contributed by atoms with Crippen LogP contribution in [0.25, 0.3) is 11.4 Å². The number of aliphatic carboxylic acids is 1. The Balaban J connectivity index is 2.38. The molecule has 1 N–H and O–H groups in total. The number of hydrogen-bond acceptors (Lipinski definition) is 2. The van der Waals surface area contributed by atoms with Gasteiger partial charge in [0.05, 0.1) is 12.1 Å². The highest BCUT2D eigenvalue weighted by molar-refractivity contribution is 5.67. The van der Waals surface area contributed by atoms with Crippen molar-refractivity contribution in [2.24, 2.45) is 7.05 Å². The minimum Gasteiger partial charge on any atom is -0.481 e. The minimum atomic E-state index is -0.780. The van der Waals surface area contributed by atoms with E-state index in [-0.39, 0.29) is 6.42 Å². The molecule has 2 rings (SSSR count). The monoisotopic (exact) mass is 258 g/mol. The van der Waals surface area contributed by atoms with Crippen molar-refractivity contribution >= 4 is 5.97 Å². The molecule has 1 heterocycles. The van der Waals surface area contributed by atoms with Crippen LogP contribution in [0.2, 0.25) is 0 Å². The second kappa shape index (κ2) is 5.26. The molecule has 0 radical (unpaired) electrons. The Morgan fingerprint density at radius 2 is 2.11 bits per heavy atom. The Bertz CT molecular complexity index is 615. The van der Waals surface area contributed by atoms with Gasteiger partial charge in [0.25, 0.3) is 0 Å².